The molecule has 4 rings (SSSR count). The molecule has 0 unspecified atom stereocenters. The van der Waals surface area contributed by atoms with E-state index in [2.05, 4.69) is 45.0 Å². The first kappa shape index (κ1) is 26.7. The van der Waals surface area contributed by atoms with Gasteiger partial charge in [0.2, 0.25) is 0 Å². The summed E-state index contributed by atoms with van der Waals surface area (Å²) in [6.45, 7) is 1.48. The summed E-state index contributed by atoms with van der Waals surface area (Å²) in [4.78, 5) is 17.6. The number of nitrogens with zero attached hydrogens (tertiary/aromatic N) is 8. The van der Waals surface area contributed by atoms with E-state index in [1.807, 2.05) is 6.07 Å². The summed E-state index contributed by atoms with van der Waals surface area (Å²) >= 11 is 6.35. The van der Waals surface area contributed by atoms with Gasteiger partial charge in [-0.25, -0.2) is 9.67 Å². The Morgan fingerprint density at radius 3 is 2.66 bits per heavy atom. The number of amides is 1. The van der Waals surface area contributed by atoms with Crippen LogP contribution in [0.3, 0.4) is 0 Å². The highest BCUT2D eigenvalue weighted by Gasteiger charge is 2.36. The van der Waals surface area contributed by atoms with Crippen molar-refractivity contribution in [1.82, 2.24) is 40.3 Å². The lowest BCUT2D eigenvalue weighted by Crippen LogP contribution is -2.23. The van der Waals surface area contributed by atoms with Gasteiger partial charge in [0.15, 0.2) is 5.82 Å². The SMILES string of the molecule is CNC(=O)c1cc(C#N)cc(C)c1NC(=P)c1cc(Cn2nnc(C(F)(F)F)n2)nn1-c1ncccc1Cl. The molecule has 0 spiro atoms. The molecule has 4 aromatic rings. The van der Waals surface area contributed by atoms with Gasteiger partial charge >= 0.3 is 6.18 Å². The molecule has 3 aromatic heterocycles. The predicted molar refractivity (Wildman–Crippen MR) is 134 cm³/mol. The van der Waals surface area contributed by atoms with Gasteiger partial charge in [-0.1, -0.05) is 20.5 Å². The number of rotatable bonds is 7. The third kappa shape index (κ3) is 5.49. The number of alkyl halides is 3. The number of pyridine rings is 1. The molecule has 11 nitrogen and oxygen atoms in total. The van der Waals surface area contributed by atoms with Crippen LogP contribution < -0.4 is 10.6 Å². The fourth-order valence-electron chi connectivity index (χ4n) is 3.47. The van der Waals surface area contributed by atoms with E-state index in [-0.39, 0.29) is 28.6 Å². The second-order valence-corrected chi connectivity index (χ2v) is 8.70. The molecule has 0 aliphatic rings. The Kier molecular flexibility index (Phi) is 7.43. The molecule has 0 bridgehead atoms. The lowest BCUT2D eigenvalue weighted by atomic mass is 10.0. The second-order valence-electron chi connectivity index (χ2n) is 7.79. The number of carbonyl (C=O) groups excluding carboxylic acids is 1. The Bertz CT molecular complexity index is 1590. The molecule has 0 saturated heterocycles. The monoisotopic (exact) mass is 560 g/mol. The smallest absolute Gasteiger partial charge is 0.355 e. The maximum atomic E-state index is 12.9. The van der Waals surface area contributed by atoms with E-state index in [0.717, 1.165) is 4.80 Å². The summed E-state index contributed by atoms with van der Waals surface area (Å²) in [6, 6.07) is 9.85. The number of tetrazole rings is 1. The van der Waals surface area contributed by atoms with Gasteiger partial charge in [0.1, 0.15) is 6.54 Å². The Balaban J connectivity index is 1.76. The Morgan fingerprint density at radius 2 is 2.03 bits per heavy atom. The average molecular weight is 561 g/mol. The lowest BCUT2D eigenvalue weighted by molar-refractivity contribution is -0.145. The first-order valence-electron chi connectivity index (χ1n) is 10.7. The fraction of sp³-hybridized carbons (Fsp3) is 0.182. The zero-order valence-electron chi connectivity index (χ0n) is 19.7. The quantitative estimate of drug-likeness (QED) is 0.328. The van der Waals surface area contributed by atoms with Crippen LogP contribution in [0, 0.1) is 18.3 Å². The van der Waals surface area contributed by atoms with Crippen LogP contribution in [0.2, 0.25) is 5.02 Å². The van der Waals surface area contributed by atoms with Crippen molar-refractivity contribution in [2.45, 2.75) is 19.6 Å². The molecule has 0 saturated carbocycles. The molecule has 0 radical (unpaired) electrons. The fourth-order valence-corrected chi connectivity index (χ4v) is 3.97. The zero-order valence-corrected chi connectivity index (χ0v) is 21.4. The lowest BCUT2D eigenvalue weighted by Gasteiger charge is -2.17. The van der Waals surface area contributed by atoms with E-state index in [9.17, 15) is 23.2 Å². The number of nitriles is 1. The minimum Gasteiger partial charge on any atom is -0.355 e. The number of hydrogen-bond donors (Lipinski definition) is 2. The van der Waals surface area contributed by atoms with Crippen molar-refractivity contribution < 1.29 is 18.0 Å². The molecule has 38 heavy (non-hydrogen) atoms. The standard InChI is InChI=1S/C22H17ClF3N10OP/c1-11-6-12(9-27)7-14(19(37)28-2)17(11)30-20(38)16-8-13(10-35-33-21(31-34-35)22(24,25)26)32-36(16)18-15(23)4-3-5-29-18/h3-8,30,38H,10H2,1-2H3,(H,28,37). The predicted octanol–water partition coefficient (Wildman–Crippen LogP) is 3.25. The minimum atomic E-state index is -4.74. The van der Waals surface area contributed by atoms with Crippen LogP contribution in [0.1, 0.15) is 38.7 Å². The number of aryl methyl sites for hydroxylation is 1. The van der Waals surface area contributed by atoms with Gasteiger partial charge in [-0.2, -0.15) is 28.3 Å². The summed E-state index contributed by atoms with van der Waals surface area (Å²) in [5.41, 5.74) is 2.45. The molecule has 2 N–H and O–H groups in total. The van der Waals surface area contributed by atoms with Gasteiger partial charge in [0, 0.05) is 13.2 Å². The Morgan fingerprint density at radius 1 is 1.26 bits per heavy atom. The third-order valence-electron chi connectivity index (χ3n) is 5.15. The number of benzene rings is 1. The first-order valence-corrected chi connectivity index (χ1v) is 11.6. The summed E-state index contributed by atoms with van der Waals surface area (Å²) in [6.07, 6.45) is -3.25. The number of aromatic nitrogens is 7. The van der Waals surface area contributed by atoms with Gasteiger partial charge in [0.25, 0.3) is 11.7 Å². The van der Waals surface area contributed by atoms with Crippen LogP contribution in [0.5, 0.6) is 0 Å². The molecular weight excluding hydrogens is 544 g/mol. The van der Waals surface area contributed by atoms with Crippen molar-refractivity contribution in [3.8, 4) is 11.9 Å². The summed E-state index contributed by atoms with van der Waals surface area (Å²) in [5.74, 6) is -1.57. The maximum Gasteiger partial charge on any atom is 0.455 e. The van der Waals surface area contributed by atoms with Crippen molar-refractivity contribution in [3.05, 3.63) is 75.5 Å². The van der Waals surface area contributed by atoms with E-state index in [1.54, 1.807) is 31.2 Å². The van der Waals surface area contributed by atoms with E-state index < -0.39 is 17.9 Å². The van der Waals surface area contributed by atoms with Crippen LogP contribution in [-0.4, -0.2) is 53.3 Å². The number of nitrogens with one attached hydrogen (secondary N) is 2. The third-order valence-corrected chi connectivity index (χ3v) is 5.83. The molecular formula is C22H17ClF3N10OP. The molecule has 16 heteroatoms. The van der Waals surface area contributed by atoms with Gasteiger partial charge in [0.05, 0.1) is 44.7 Å². The molecule has 1 amide bonds. The van der Waals surface area contributed by atoms with Crippen molar-refractivity contribution in [2.75, 3.05) is 12.4 Å². The Labute approximate surface area is 220 Å². The van der Waals surface area contributed by atoms with Crippen molar-refractivity contribution in [2.24, 2.45) is 0 Å². The number of carbonyl (C=O) groups is 1. The van der Waals surface area contributed by atoms with Crippen LogP contribution >= 0.6 is 20.5 Å². The van der Waals surface area contributed by atoms with Crippen LogP contribution in [-0.2, 0) is 12.7 Å². The highest BCUT2D eigenvalue weighted by molar-refractivity contribution is 7.22. The Hall–Kier alpha value is -4.34. The second kappa shape index (κ2) is 10.6. The topological polar surface area (TPSA) is 139 Å². The highest BCUT2D eigenvalue weighted by Crippen LogP contribution is 2.27. The van der Waals surface area contributed by atoms with E-state index in [1.165, 1.54) is 24.0 Å². The van der Waals surface area contributed by atoms with Crippen molar-refractivity contribution in [1.29, 1.82) is 5.26 Å². The normalized spacial score (nSPS) is 11.2. The molecule has 194 valence electrons. The van der Waals surface area contributed by atoms with Gasteiger partial charge in [-0.05, 0) is 48.0 Å². The minimum absolute atomic E-state index is 0.216. The number of hydrogen-bond acceptors (Lipinski definition) is 7. The molecule has 0 aliphatic heterocycles. The van der Waals surface area contributed by atoms with Crippen LogP contribution in [0.15, 0.2) is 36.5 Å². The van der Waals surface area contributed by atoms with Gasteiger partial charge in [-0.3, -0.25) is 4.79 Å². The molecule has 0 fully saturated rings. The van der Waals surface area contributed by atoms with Crippen LogP contribution in [0.25, 0.3) is 5.82 Å². The van der Waals surface area contributed by atoms with Gasteiger partial charge in [-0.15, -0.1) is 10.2 Å². The van der Waals surface area contributed by atoms with Gasteiger partial charge < -0.3 is 10.6 Å². The van der Waals surface area contributed by atoms with Crippen LogP contribution in [0.4, 0.5) is 18.9 Å². The molecule has 0 atom stereocenters. The summed E-state index contributed by atoms with van der Waals surface area (Å²) in [5, 5.41) is 29.5. The highest BCUT2D eigenvalue weighted by atomic mass is 35.5. The largest absolute Gasteiger partial charge is 0.455 e. The molecule has 3 heterocycles. The summed E-state index contributed by atoms with van der Waals surface area (Å²) in [7, 11) is 5.01. The van der Waals surface area contributed by atoms with E-state index in [4.69, 9.17) is 11.6 Å². The van der Waals surface area contributed by atoms with Crippen molar-refractivity contribution >= 4 is 37.5 Å². The number of anilines is 1. The van der Waals surface area contributed by atoms with E-state index in [0.29, 0.717) is 27.9 Å². The van der Waals surface area contributed by atoms with E-state index >= 15 is 0 Å². The zero-order chi connectivity index (χ0) is 27.6. The number of halogens is 4. The maximum absolute atomic E-state index is 12.9. The van der Waals surface area contributed by atoms with Crippen molar-refractivity contribution in [3.63, 3.8) is 0 Å². The first-order chi connectivity index (χ1) is 18.0. The molecule has 1 aromatic carbocycles. The summed E-state index contributed by atoms with van der Waals surface area (Å²) < 4.78 is 40.1. The molecule has 0 aliphatic carbocycles. The average Bonchev–Trinajstić information content (AvgIpc) is 3.52.